The fourth-order valence-corrected chi connectivity index (χ4v) is 4.43. The molecule has 0 bridgehead atoms. The van der Waals surface area contributed by atoms with Crippen LogP contribution in [0.4, 0.5) is 5.00 Å². The van der Waals surface area contributed by atoms with Crippen LogP contribution in [0.2, 0.25) is 0 Å². The third kappa shape index (κ3) is 3.44. The molecule has 8 heteroatoms. The number of amides is 1. The number of thiophene rings is 1. The van der Waals surface area contributed by atoms with Crippen LogP contribution >= 0.6 is 11.3 Å². The summed E-state index contributed by atoms with van der Waals surface area (Å²) in [5, 5.41) is 7.87. The molecule has 26 heavy (non-hydrogen) atoms. The third-order valence-electron chi connectivity index (χ3n) is 4.59. The van der Waals surface area contributed by atoms with E-state index in [1.165, 1.54) is 11.3 Å². The Bertz CT molecular complexity index is 840. The highest BCUT2D eigenvalue weighted by atomic mass is 32.1. The number of fused-ring (bicyclic) bond motifs is 1. The van der Waals surface area contributed by atoms with Crippen molar-refractivity contribution in [3.63, 3.8) is 0 Å². The molecule has 0 saturated carbocycles. The molecule has 0 spiro atoms. The van der Waals surface area contributed by atoms with Crippen LogP contribution < -0.4 is 5.32 Å². The number of nitrogens with zero attached hydrogens (tertiary/aromatic N) is 2. The molecule has 1 aliphatic carbocycles. The second kappa shape index (κ2) is 7.69. The van der Waals surface area contributed by atoms with Gasteiger partial charge in [0, 0.05) is 24.0 Å². The number of ether oxygens (including phenoxy) is 2. The average molecular weight is 375 g/mol. The van der Waals surface area contributed by atoms with Crippen molar-refractivity contribution in [1.82, 2.24) is 10.1 Å². The lowest BCUT2D eigenvalue weighted by atomic mass is 10.1. The lowest BCUT2D eigenvalue weighted by Gasteiger charge is -2.12. The van der Waals surface area contributed by atoms with Gasteiger partial charge >= 0.3 is 0 Å². The molecular weight excluding hydrogens is 354 g/mol. The van der Waals surface area contributed by atoms with Gasteiger partial charge in [-0.15, -0.1) is 11.3 Å². The van der Waals surface area contributed by atoms with Gasteiger partial charge in [0.15, 0.2) is 5.82 Å². The van der Waals surface area contributed by atoms with Crippen LogP contribution in [0.1, 0.15) is 35.5 Å². The Morgan fingerprint density at radius 1 is 1.42 bits per heavy atom. The molecular formula is C18H21N3O4S. The Labute approximate surface area is 155 Å². The topological polar surface area (TPSA) is 86.5 Å². The normalized spacial score (nSPS) is 16.4. The largest absolute Gasteiger partial charge is 0.384 e. The highest BCUT2D eigenvalue weighted by Crippen LogP contribution is 2.42. The van der Waals surface area contributed by atoms with E-state index in [9.17, 15) is 4.79 Å². The minimum atomic E-state index is -0.0395. The van der Waals surface area contributed by atoms with Crippen molar-refractivity contribution in [3.8, 4) is 11.5 Å². The monoisotopic (exact) mass is 375 g/mol. The van der Waals surface area contributed by atoms with Crippen molar-refractivity contribution in [2.45, 2.75) is 38.7 Å². The van der Waals surface area contributed by atoms with Crippen molar-refractivity contribution in [3.05, 3.63) is 27.9 Å². The van der Waals surface area contributed by atoms with Crippen LogP contribution in [0.25, 0.3) is 11.5 Å². The summed E-state index contributed by atoms with van der Waals surface area (Å²) in [5.74, 6) is 1.01. The highest BCUT2D eigenvalue weighted by molar-refractivity contribution is 7.17. The number of carbonyl (C=O) groups is 1. The summed E-state index contributed by atoms with van der Waals surface area (Å²) in [5.41, 5.74) is 2.83. The fraction of sp³-hybridized carbons (Fsp3) is 0.500. The van der Waals surface area contributed by atoms with Gasteiger partial charge in [-0.3, -0.25) is 4.79 Å². The van der Waals surface area contributed by atoms with E-state index >= 15 is 0 Å². The number of nitrogens with one attached hydrogen (secondary N) is 1. The molecule has 0 unspecified atom stereocenters. The molecule has 1 amide bonds. The van der Waals surface area contributed by atoms with Crippen molar-refractivity contribution in [2.75, 3.05) is 25.6 Å². The molecule has 2 aromatic rings. The second-order valence-electron chi connectivity index (χ2n) is 6.34. The van der Waals surface area contributed by atoms with Crippen LogP contribution in [0.5, 0.6) is 0 Å². The van der Waals surface area contributed by atoms with E-state index in [1.54, 1.807) is 7.11 Å². The minimum Gasteiger partial charge on any atom is -0.384 e. The zero-order valence-corrected chi connectivity index (χ0v) is 15.5. The number of hydrogen-bond acceptors (Lipinski definition) is 7. The third-order valence-corrected chi connectivity index (χ3v) is 5.71. The molecule has 0 saturated heterocycles. The first-order chi connectivity index (χ1) is 12.8. The van der Waals surface area contributed by atoms with E-state index < -0.39 is 0 Å². The Morgan fingerprint density at radius 2 is 2.35 bits per heavy atom. The Hall–Kier alpha value is -2.03. The quantitative estimate of drug-likeness (QED) is 0.835. The van der Waals surface area contributed by atoms with Gasteiger partial charge in [-0.2, -0.15) is 4.98 Å². The van der Waals surface area contributed by atoms with Gasteiger partial charge < -0.3 is 19.3 Å². The first-order valence-corrected chi connectivity index (χ1v) is 9.62. The molecule has 1 aliphatic heterocycles. The molecule has 0 atom stereocenters. The number of methoxy groups -OCH3 is 1. The van der Waals surface area contributed by atoms with E-state index in [0.29, 0.717) is 38.0 Å². The summed E-state index contributed by atoms with van der Waals surface area (Å²) in [4.78, 5) is 18.2. The molecule has 0 radical (unpaired) electrons. The molecule has 3 heterocycles. The summed E-state index contributed by atoms with van der Waals surface area (Å²) >= 11 is 1.53. The van der Waals surface area contributed by atoms with Crippen LogP contribution in [0, 0.1) is 0 Å². The molecule has 2 aliphatic rings. The molecule has 1 N–H and O–H groups in total. The smallest absolute Gasteiger partial charge is 0.261 e. The summed E-state index contributed by atoms with van der Waals surface area (Å²) in [6.45, 7) is 1.74. The van der Waals surface area contributed by atoms with E-state index in [1.807, 2.05) is 6.08 Å². The van der Waals surface area contributed by atoms with E-state index in [0.717, 1.165) is 52.3 Å². The molecule has 0 fully saturated rings. The second-order valence-corrected chi connectivity index (χ2v) is 7.45. The standard InChI is InChI=1S/C18H21N3O4S/c1-23-8-7-14-19-17(25-21-14)15-12-6-9-24-10-13(12)26-18(15)20-16(22)11-4-2-3-5-11/h4H,2-3,5-10H2,1H3,(H,20,22). The lowest BCUT2D eigenvalue weighted by molar-refractivity contribution is -0.112. The van der Waals surface area contributed by atoms with Gasteiger partial charge in [0.1, 0.15) is 5.00 Å². The van der Waals surface area contributed by atoms with Crippen LogP contribution in [-0.4, -0.2) is 36.4 Å². The Kier molecular flexibility index (Phi) is 5.14. The summed E-state index contributed by atoms with van der Waals surface area (Å²) < 4.78 is 16.1. The Morgan fingerprint density at radius 3 is 3.15 bits per heavy atom. The maximum absolute atomic E-state index is 12.6. The number of allylic oxidation sites excluding steroid dienone is 1. The predicted molar refractivity (Wildman–Crippen MR) is 97.1 cm³/mol. The SMILES string of the molecule is COCCc1noc(-c2c(NC(=O)C3=CCCC3)sc3c2CCOC3)n1. The van der Waals surface area contributed by atoms with Crippen molar-refractivity contribution in [2.24, 2.45) is 0 Å². The molecule has 4 rings (SSSR count). The predicted octanol–water partition coefficient (Wildman–Crippen LogP) is 3.11. The average Bonchev–Trinajstić information content (AvgIpc) is 3.38. The van der Waals surface area contributed by atoms with Crippen LogP contribution in [-0.2, 0) is 33.7 Å². The van der Waals surface area contributed by atoms with Crippen molar-refractivity contribution >= 4 is 22.2 Å². The molecule has 138 valence electrons. The van der Waals surface area contributed by atoms with Crippen molar-refractivity contribution < 1.29 is 18.8 Å². The van der Waals surface area contributed by atoms with E-state index in [-0.39, 0.29) is 5.91 Å². The summed E-state index contributed by atoms with van der Waals surface area (Å²) in [7, 11) is 1.64. The lowest BCUT2D eigenvalue weighted by Crippen LogP contribution is -2.13. The van der Waals surface area contributed by atoms with Gasteiger partial charge in [-0.25, -0.2) is 0 Å². The van der Waals surface area contributed by atoms with E-state index in [4.69, 9.17) is 14.0 Å². The van der Waals surface area contributed by atoms with Crippen LogP contribution in [0.3, 0.4) is 0 Å². The zero-order chi connectivity index (χ0) is 17.9. The molecule has 7 nitrogen and oxygen atoms in total. The maximum atomic E-state index is 12.6. The van der Waals surface area contributed by atoms with Gasteiger partial charge in [0.05, 0.1) is 25.4 Å². The van der Waals surface area contributed by atoms with Gasteiger partial charge in [-0.05, 0) is 31.2 Å². The van der Waals surface area contributed by atoms with Gasteiger partial charge in [-0.1, -0.05) is 11.2 Å². The van der Waals surface area contributed by atoms with Gasteiger partial charge in [0.2, 0.25) is 0 Å². The highest BCUT2D eigenvalue weighted by Gasteiger charge is 2.27. The number of rotatable bonds is 6. The maximum Gasteiger partial charge on any atom is 0.261 e. The number of anilines is 1. The summed E-state index contributed by atoms with van der Waals surface area (Å²) in [6, 6.07) is 0. The molecule has 2 aromatic heterocycles. The summed E-state index contributed by atoms with van der Waals surface area (Å²) in [6.07, 6.45) is 6.21. The van der Waals surface area contributed by atoms with E-state index in [2.05, 4.69) is 15.5 Å². The minimum absolute atomic E-state index is 0.0395. The molecule has 0 aromatic carbocycles. The first-order valence-electron chi connectivity index (χ1n) is 8.81. The number of hydrogen-bond donors (Lipinski definition) is 1. The van der Waals surface area contributed by atoms with Gasteiger partial charge in [0.25, 0.3) is 11.8 Å². The first kappa shape index (κ1) is 17.4. The van der Waals surface area contributed by atoms with Crippen molar-refractivity contribution in [1.29, 1.82) is 0 Å². The van der Waals surface area contributed by atoms with Crippen LogP contribution in [0.15, 0.2) is 16.2 Å². The Balaban J connectivity index is 1.66. The zero-order valence-electron chi connectivity index (χ0n) is 14.7. The fourth-order valence-electron chi connectivity index (χ4n) is 3.26. The number of carbonyl (C=O) groups excluding carboxylic acids is 1. The number of aromatic nitrogens is 2.